The molecule has 1 aliphatic rings. The van der Waals surface area contributed by atoms with E-state index in [2.05, 4.69) is 44.7 Å². The highest BCUT2D eigenvalue weighted by Gasteiger charge is 2.21. The highest BCUT2D eigenvalue weighted by Crippen LogP contribution is 2.31. The fraction of sp³-hybridized carbons (Fsp3) is 0.571. The molecule has 0 bridgehead atoms. The normalized spacial score (nSPS) is 17.2. The Morgan fingerprint density at radius 3 is 2.67 bits per heavy atom. The summed E-state index contributed by atoms with van der Waals surface area (Å²) in [5.74, 6) is 1.89. The minimum absolute atomic E-state index is 0.532. The first kappa shape index (κ1) is 11.5. The third kappa shape index (κ3) is 1.96. The zero-order valence-corrected chi connectivity index (χ0v) is 11.1. The quantitative estimate of drug-likeness (QED) is 0.813. The van der Waals surface area contributed by atoms with E-state index >= 15 is 0 Å². The van der Waals surface area contributed by atoms with Crippen LogP contribution in [-0.4, -0.2) is 19.3 Å². The Balaban J connectivity index is 2.02. The van der Waals surface area contributed by atoms with Crippen molar-refractivity contribution in [2.45, 2.75) is 45.1 Å². The number of nitrogens with zero attached hydrogens (tertiary/aromatic N) is 4. The van der Waals surface area contributed by atoms with Crippen molar-refractivity contribution in [1.82, 2.24) is 19.3 Å². The molecule has 1 fully saturated rings. The lowest BCUT2D eigenvalue weighted by molar-refractivity contribution is 0.330. The number of hydrogen-bond acceptors (Lipinski definition) is 2. The smallest absolute Gasteiger partial charge is 0.175 e. The lowest BCUT2D eigenvalue weighted by Crippen LogP contribution is -2.16. The van der Waals surface area contributed by atoms with Gasteiger partial charge >= 0.3 is 0 Å². The first-order valence-corrected chi connectivity index (χ1v) is 6.80. The monoisotopic (exact) mass is 244 g/mol. The number of hydrogen-bond donors (Lipinski definition) is 0. The van der Waals surface area contributed by atoms with Crippen LogP contribution in [0.15, 0.2) is 18.3 Å². The number of aromatic nitrogens is 4. The zero-order valence-electron chi connectivity index (χ0n) is 11.1. The third-order valence-electron chi connectivity index (χ3n) is 3.83. The second kappa shape index (κ2) is 4.59. The van der Waals surface area contributed by atoms with E-state index in [1.165, 1.54) is 32.1 Å². The van der Waals surface area contributed by atoms with Gasteiger partial charge in [-0.3, -0.25) is 0 Å². The van der Waals surface area contributed by atoms with E-state index in [9.17, 15) is 0 Å². The molecule has 18 heavy (non-hydrogen) atoms. The van der Waals surface area contributed by atoms with Crippen molar-refractivity contribution in [1.29, 1.82) is 0 Å². The molecule has 1 saturated carbocycles. The van der Waals surface area contributed by atoms with Crippen LogP contribution in [0.3, 0.4) is 0 Å². The molecule has 0 atom stereocenters. The van der Waals surface area contributed by atoms with Crippen LogP contribution >= 0.6 is 0 Å². The minimum atomic E-state index is 0.532. The van der Waals surface area contributed by atoms with Gasteiger partial charge in [0.2, 0.25) is 0 Å². The molecule has 2 aromatic heterocycles. The Labute approximate surface area is 108 Å². The fourth-order valence-electron chi connectivity index (χ4n) is 2.88. The first-order chi connectivity index (χ1) is 8.75. The predicted octanol–water partition coefficient (Wildman–Crippen LogP) is 3.10. The maximum Gasteiger partial charge on any atom is 0.175 e. The van der Waals surface area contributed by atoms with Crippen molar-refractivity contribution in [2.75, 3.05) is 0 Å². The Morgan fingerprint density at radius 1 is 1.22 bits per heavy atom. The van der Waals surface area contributed by atoms with Gasteiger partial charge in [0.25, 0.3) is 0 Å². The lowest BCUT2D eigenvalue weighted by Gasteiger charge is -2.23. The molecule has 1 aliphatic carbocycles. The Kier molecular flexibility index (Phi) is 2.94. The molecule has 4 nitrogen and oxygen atoms in total. The molecule has 0 radical (unpaired) electrons. The van der Waals surface area contributed by atoms with Gasteiger partial charge in [-0.05, 0) is 31.9 Å². The Hall–Kier alpha value is -1.58. The maximum absolute atomic E-state index is 4.62. The molecule has 96 valence electrons. The van der Waals surface area contributed by atoms with Crippen LogP contribution in [0.5, 0.6) is 0 Å². The fourth-order valence-corrected chi connectivity index (χ4v) is 2.88. The van der Waals surface area contributed by atoms with Gasteiger partial charge in [-0.15, -0.1) is 0 Å². The number of aryl methyl sites for hydroxylation is 2. The Bertz CT molecular complexity index is 532. The minimum Gasteiger partial charge on any atom is -0.348 e. The van der Waals surface area contributed by atoms with E-state index in [0.29, 0.717) is 6.04 Å². The first-order valence-electron chi connectivity index (χ1n) is 6.80. The standard InChI is InChI=1S/C14H20N4/c1-11-15-14(13-9-6-10-17(13)2)18(16-11)12-7-4-3-5-8-12/h6,9-10,12H,3-5,7-8H2,1-2H3. The molecule has 4 heteroatoms. The van der Waals surface area contributed by atoms with Crippen LogP contribution in [0.4, 0.5) is 0 Å². The van der Waals surface area contributed by atoms with Crippen molar-refractivity contribution in [3.63, 3.8) is 0 Å². The molecule has 0 aliphatic heterocycles. The summed E-state index contributed by atoms with van der Waals surface area (Å²) in [5, 5.41) is 4.62. The van der Waals surface area contributed by atoms with Gasteiger partial charge in [-0.2, -0.15) is 5.10 Å². The van der Waals surface area contributed by atoms with Crippen LogP contribution < -0.4 is 0 Å². The van der Waals surface area contributed by atoms with E-state index in [0.717, 1.165) is 17.3 Å². The van der Waals surface area contributed by atoms with Crippen LogP contribution in [-0.2, 0) is 7.05 Å². The summed E-state index contributed by atoms with van der Waals surface area (Å²) in [5.41, 5.74) is 1.15. The molecule has 0 saturated heterocycles. The summed E-state index contributed by atoms with van der Waals surface area (Å²) >= 11 is 0. The summed E-state index contributed by atoms with van der Waals surface area (Å²) in [6.45, 7) is 1.98. The summed E-state index contributed by atoms with van der Waals surface area (Å²) in [6, 6.07) is 4.71. The average Bonchev–Trinajstić information content (AvgIpc) is 2.96. The van der Waals surface area contributed by atoms with E-state index in [1.54, 1.807) is 0 Å². The molecule has 0 spiro atoms. The van der Waals surface area contributed by atoms with Crippen molar-refractivity contribution in [3.05, 3.63) is 24.2 Å². The zero-order chi connectivity index (χ0) is 12.5. The lowest BCUT2D eigenvalue weighted by atomic mass is 9.95. The summed E-state index contributed by atoms with van der Waals surface area (Å²) < 4.78 is 4.27. The van der Waals surface area contributed by atoms with Gasteiger partial charge in [-0.25, -0.2) is 9.67 Å². The van der Waals surface area contributed by atoms with Crippen LogP contribution in [0.25, 0.3) is 11.5 Å². The van der Waals surface area contributed by atoms with Crippen molar-refractivity contribution in [2.24, 2.45) is 7.05 Å². The Morgan fingerprint density at radius 2 is 2.00 bits per heavy atom. The molecule has 0 amide bonds. The van der Waals surface area contributed by atoms with Gasteiger partial charge in [-0.1, -0.05) is 19.3 Å². The van der Waals surface area contributed by atoms with Crippen molar-refractivity contribution in [3.8, 4) is 11.5 Å². The highest BCUT2D eigenvalue weighted by atomic mass is 15.4. The summed E-state index contributed by atoms with van der Waals surface area (Å²) in [7, 11) is 2.06. The van der Waals surface area contributed by atoms with E-state index < -0.39 is 0 Å². The second-order valence-electron chi connectivity index (χ2n) is 5.22. The van der Waals surface area contributed by atoms with E-state index in [4.69, 9.17) is 0 Å². The summed E-state index contributed by atoms with van der Waals surface area (Å²) in [4.78, 5) is 4.62. The molecular weight excluding hydrogens is 224 g/mol. The predicted molar refractivity (Wildman–Crippen MR) is 71.3 cm³/mol. The number of rotatable bonds is 2. The molecule has 3 rings (SSSR count). The van der Waals surface area contributed by atoms with Gasteiger partial charge < -0.3 is 4.57 Å². The largest absolute Gasteiger partial charge is 0.348 e. The third-order valence-corrected chi connectivity index (χ3v) is 3.83. The van der Waals surface area contributed by atoms with Gasteiger partial charge in [0.15, 0.2) is 5.82 Å². The SMILES string of the molecule is Cc1nc(-c2cccn2C)n(C2CCCCC2)n1. The highest BCUT2D eigenvalue weighted by molar-refractivity contribution is 5.50. The molecule has 0 N–H and O–H groups in total. The van der Waals surface area contributed by atoms with Gasteiger partial charge in [0, 0.05) is 13.2 Å². The average molecular weight is 244 g/mol. The van der Waals surface area contributed by atoms with Crippen molar-refractivity contribution < 1.29 is 0 Å². The molecule has 2 heterocycles. The van der Waals surface area contributed by atoms with Gasteiger partial charge in [0.05, 0.1) is 11.7 Å². The molecule has 2 aromatic rings. The topological polar surface area (TPSA) is 35.6 Å². The molecule has 0 unspecified atom stereocenters. The second-order valence-corrected chi connectivity index (χ2v) is 5.22. The van der Waals surface area contributed by atoms with Crippen LogP contribution in [0, 0.1) is 6.92 Å². The van der Waals surface area contributed by atoms with Crippen LogP contribution in [0.1, 0.15) is 44.0 Å². The van der Waals surface area contributed by atoms with E-state index in [1.807, 2.05) is 6.92 Å². The van der Waals surface area contributed by atoms with Crippen molar-refractivity contribution >= 4 is 0 Å². The summed E-state index contributed by atoms with van der Waals surface area (Å²) in [6.07, 6.45) is 8.53. The van der Waals surface area contributed by atoms with Gasteiger partial charge in [0.1, 0.15) is 5.82 Å². The molecule has 0 aromatic carbocycles. The molecular formula is C14H20N4. The van der Waals surface area contributed by atoms with E-state index in [-0.39, 0.29) is 0 Å². The van der Waals surface area contributed by atoms with Crippen LogP contribution in [0.2, 0.25) is 0 Å². The maximum atomic E-state index is 4.62.